The number of hydrogen-bond donors (Lipinski definition) is 1. The summed E-state index contributed by atoms with van der Waals surface area (Å²) in [6, 6.07) is 16.1. The lowest BCUT2D eigenvalue weighted by atomic mass is 9.88. The zero-order chi connectivity index (χ0) is 23.5. The quantitative estimate of drug-likeness (QED) is 0.356. The summed E-state index contributed by atoms with van der Waals surface area (Å²) in [5.41, 5.74) is 3.28. The van der Waals surface area contributed by atoms with Crippen molar-refractivity contribution in [3.63, 3.8) is 0 Å². The summed E-state index contributed by atoms with van der Waals surface area (Å²) in [6.45, 7) is 5.18. The first-order valence-electron chi connectivity index (χ1n) is 12.4. The van der Waals surface area contributed by atoms with E-state index in [1.807, 2.05) is 18.2 Å². The minimum absolute atomic E-state index is 0.332. The van der Waals surface area contributed by atoms with E-state index in [0.717, 1.165) is 56.0 Å². The van der Waals surface area contributed by atoms with E-state index in [2.05, 4.69) is 48.2 Å². The van der Waals surface area contributed by atoms with Gasteiger partial charge in [0.1, 0.15) is 11.5 Å². The van der Waals surface area contributed by atoms with Crippen LogP contribution in [0.15, 0.2) is 53.5 Å². The van der Waals surface area contributed by atoms with Gasteiger partial charge in [0.25, 0.3) is 0 Å². The summed E-state index contributed by atoms with van der Waals surface area (Å²) in [4.78, 5) is 9.58. The number of phenolic OH excluding ortho intramolecular Hbond substituents is 1. The predicted molar refractivity (Wildman–Crippen MR) is 138 cm³/mol. The Morgan fingerprint density at radius 2 is 1.76 bits per heavy atom. The molecule has 0 saturated carbocycles. The molecule has 0 atom stereocenters. The molecule has 0 aliphatic carbocycles. The van der Waals surface area contributed by atoms with Crippen LogP contribution < -0.4 is 4.74 Å². The van der Waals surface area contributed by atoms with Crippen molar-refractivity contribution >= 4 is 5.71 Å². The number of hydrogen-bond acceptors (Lipinski definition) is 5. The highest BCUT2D eigenvalue weighted by Crippen LogP contribution is 2.34. The molecule has 1 saturated heterocycles. The van der Waals surface area contributed by atoms with Gasteiger partial charge in [-0.1, -0.05) is 36.8 Å². The van der Waals surface area contributed by atoms with Crippen LogP contribution in [0.1, 0.15) is 55.6 Å². The van der Waals surface area contributed by atoms with Gasteiger partial charge in [-0.3, -0.25) is 4.99 Å². The van der Waals surface area contributed by atoms with Crippen molar-refractivity contribution in [3.05, 3.63) is 59.7 Å². The van der Waals surface area contributed by atoms with Gasteiger partial charge in [-0.25, -0.2) is 0 Å². The number of likely N-dealkylation sites (tertiary alicyclic amines) is 1. The van der Waals surface area contributed by atoms with Crippen LogP contribution in [0.5, 0.6) is 11.5 Å². The predicted octanol–water partition coefficient (Wildman–Crippen LogP) is 5.19. The molecule has 5 heteroatoms. The summed E-state index contributed by atoms with van der Waals surface area (Å²) >= 11 is 0. The first-order valence-corrected chi connectivity index (χ1v) is 12.4. The summed E-state index contributed by atoms with van der Waals surface area (Å²) in [6.07, 6.45) is 6.83. The number of ether oxygens (including phenoxy) is 1. The summed E-state index contributed by atoms with van der Waals surface area (Å²) < 4.78 is 5.57. The molecule has 5 nitrogen and oxygen atoms in total. The van der Waals surface area contributed by atoms with Crippen LogP contribution in [-0.4, -0.2) is 74.5 Å². The van der Waals surface area contributed by atoms with E-state index in [0.29, 0.717) is 11.7 Å². The minimum atomic E-state index is 0.332. The molecule has 33 heavy (non-hydrogen) atoms. The van der Waals surface area contributed by atoms with E-state index < -0.39 is 0 Å². The Morgan fingerprint density at radius 3 is 2.48 bits per heavy atom. The second kappa shape index (κ2) is 13.4. The van der Waals surface area contributed by atoms with Gasteiger partial charge in [-0.05, 0) is 95.5 Å². The minimum Gasteiger partial charge on any atom is -0.507 e. The number of para-hydroxylation sites is 2. The van der Waals surface area contributed by atoms with Gasteiger partial charge < -0.3 is 19.6 Å². The lowest BCUT2D eigenvalue weighted by Crippen LogP contribution is -2.33. The number of aliphatic imine (C=N–C) groups is 1. The highest BCUT2D eigenvalue weighted by atomic mass is 16.5. The normalized spacial score (nSPS) is 15.8. The lowest BCUT2D eigenvalue weighted by Gasteiger charge is -2.32. The molecule has 180 valence electrons. The van der Waals surface area contributed by atoms with Gasteiger partial charge in [-0.15, -0.1) is 0 Å². The maximum absolute atomic E-state index is 10.3. The number of aromatic hydroxyl groups is 1. The Balaban J connectivity index is 1.41. The van der Waals surface area contributed by atoms with Crippen molar-refractivity contribution in [2.24, 2.45) is 4.99 Å². The fourth-order valence-electron chi connectivity index (χ4n) is 4.68. The number of phenols is 1. The van der Waals surface area contributed by atoms with Gasteiger partial charge in [0.15, 0.2) is 0 Å². The van der Waals surface area contributed by atoms with Crippen molar-refractivity contribution in [3.8, 4) is 11.5 Å². The number of nitrogens with zero attached hydrogens (tertiary/aromatic N) is 3. The standard InChI is InChI=1S/C28H41N3O2/c1-30(2)22-18-29-26(25-12-6-8-14-27(25)32)13-5-4-10-19-31-20-16-23(17-21-31)24-11-7-9-15-28(24)33-3/h6-9,11-12,14-15,23,32H,4-5,10,13,16-22H2,1-3H3/b29-26+. The number of benzene rings is 2. The third kappa shape index (κ3) is 7.86. The molecule has 2 aromatic carbocycles. The number of rotatable bonds is 12. The van der Waals surface area contributed by atoms with Crippen molar-refractivity contribution in [2.75, 3.05) is 53.9 Å². The maximum atomic E-state index is 10.3. The van der Waals surface area contributed by atoms with Crippen LogP contribution in [0.25, 0.3) is 0 Å². The van der Waals surface area contributed by atoms with Gasteiger partial charge in [-0.2, -0.15) is 0 Å². The molecule has 1 N–H and O–H groups in total. The second-order valence-corrected chi connectivity index (χ2v) is 9.32. The number of likely N-dealkylation sites (N-methyl/N-ethyl adjacent to an activating group) is 1. The lowest BCUT2D eigenvalue weighted by molar-refractivity contribution is 0.207. The third-order valence-corrected chi connectivity index (χ3v) is 6.62. The van der Waals surface area contributed by atoms with Crippen molar-refractivity contribution in [1.29, 1.82) is 0 Å². The van der Waals surface area contributed by atoms with E-state index in [1.54, 1.807) is 13.2 Å². The molecule has 1 heterocycles. The molecule has 1 aliphatic heterocycles. The Bertz CT molecular complexity index is 873. The Hall–Kier alpha value is -2.37. The van der Waals surface area contributed by atoms with Crippen molar-refractivity contribution in [1.82, 2.24) is 9.80 Å². The highest BCUT2D eigenvalue weighted by Gasteiger charge is 2.22. The molecular weight excluding hydrogens is 410 g/mol. The van der Waals surface area contributed by atoms with Gasteiger partial charge in [0, 0.05) is 17.8 Å². The Morgan fingerprint density at radius 1 is 1.03 bits per heavy atom. The summed E-state index contributed by atoms with van der Waals surface area (Å²) in [5.74, 6) is 1.97. The van der Waals surface area contributed by atoms with Crippen LogP contribution in [0, 0.1) is 0 Å². The molecule has 0 aromatic heterocycles. The molecule has 1 fully saturated rings. The number of methoxy groups -OCH3 is 1. The topological polar surface area (TPSA) is 48.3 Å². The highest BCUT2D eigenvalue weighted by molar-refractivity contribution is 6.02. The molecule has 2 aromatic rings. The summed E-state index contributed by atoms with van der Waals surface area (Å²) in [5, 5.41) is 10.3. The van der Waals surface area contributed by atoms with Crippen LogP contribution in [0.4, 0.5) is 0 Å². The largest absolute Gasteiger partial charge is 0.507 e. The van der Waals surface area contributed by atoms with Crippen LogP contribution in [-0.2, 0) is 0 Å². The zero-order valence-corrected chi connectivity index (χ0v) is 20.7. The first-order chi connectivity index (χ1) is 16.1. The number of unbranched alkanes of at least 4 members (excludes halogenated alkanes) is 2. The fourth-order valence-corrected chi connectivity index (χ4v) is 4.68. The van der Waals surface area contributed by atoms with E-state index >= 15 is 0 Å². The van der Waals surface area contributed by atoms with Gasteiger partial charge in [0.2, 0.25) is 0 Å². The zero-order valence-electron chi connectivity index (χ0n) is 20.7. The Kier molecular flexibility index (Phi) is 10.2. The molecular formula is C28H41N3O2. The second-order valence-electron chi connectivity index (χ2n) is 9.32. The third-order valence-electron chi connectivity index (χ3n) is 6.62. The molecule has 0 spiro atoms. The van der Waals surface area contributed by atoms with Crippen molar-refractivity contribution < 1.29 is 9.84 Å². The van der Waals surface area contributed by atoms with Gasteiger partial charge in [0.05, 0.1) is 13.7 Å². The Labute approximate surface area is 200 Å². The molecule has 0 unspecified atom stereocenters. The first kappa shape index (κ1) is 25.3. The van der Waals surface area contributed by atoms with Crippen molar-refractivity contribution in [2.45, 2.75) is 44.4 Å². The monoisotopic (exact) mass is 451 g/mol. The van der Waals surface area contributed by atoms with E-state index in [1.165, 1.54) is 37.8 Å². The van der Waals surface area contributed by atoms with Crippen LogP contribution in [0.3, 0.4) is 0 Å². The molecule has 0 radical (unpaired) electrons. The SMILES string of the molecule is COc1ccccc1C1CCN(CCCCC/C(=N\CCN(C)C)c2ccccc2O)CC1. The number of piperidine rings is 1. The van der Waals surface area contributed by atoms with E-state index in [4.69, 9.17) is 9.73 Å². The average molecular weight is 452 g/mol. The molecule has 3 rings (SSSR count). The van der Waals surface area contributed by atoms with Crippen LogP contribution in [0.2, 0.25) is 0 Å². The maximum Gasteiger partial charge on any atom is 0.124 e. The molecule has 0 bridgehead atoms. The molecule has 1 aliphatic rings. The van der Waals surface area contributed by atoms with E-state index in [9.17, 15) is 5.11 Å². The average Bonchev–Trinajstić information content (AvgIpc) is 2.83. The summed E-state index contributed by atoms with van der Waals surface area (Å²) in [7, 11) is 5.90. The fraction of sp³-hybridized carbons (Fsp3) is 0.536. The van der Waals surface area contributed by atoms with Gasteiger partial charge >= 0.3 is 0 Å². The smallest absolute Gasteiger partial charge is 0.124 e. The van der Waals surface area contributed by atoms with E-state index in [-0.39, 0.29) is 0 Å². The van der Waals surface area contributed by atoms with Crippen LogP contribution >= 0.6 is 0 Å². The molecule has 0 amide bonds.